The lowest BCUT2D eigenvalue weighted by molar-refractivity contribution is -0.115. The fourth-order valence-corrected chi connectivity index (χ4v) is 3.39. The van der Waals surface area contributed by atoms with Crippen LogP contribution >= 0.6 is 11.6 Å². The maximum Gasteiger partial charge on any atom is 0.343 e. The molecule has 2 aromatic heterocycles. The third-order valence-corrected chi connectivity index (χ3v) is 4.69. The van der Waals surface area contributed by atoms with Crippen LogP contribution in [0.15, 0.2) is 24.4 Å². The number of benzene rings is 1. The van der Waals surface area contributed by atoms with Gasteiger partial charge < -0.3 is 10.1 Å². The number of pyridine rings is 1. The Morgan fingerprint density at radius 1 is 1.17 bits per heavy atom. The second-order valence-corrected chi connectivity index (χ2v) is 7.18. The minimum Gasteiger partial charge on any atom is -0.462 e. The van der Waals surface area contributed by atoms with Gasteiger partial charge in [-0.25, -0.2) is 9.78 Å². The highest BCUT2D eigenvalue weighted by Gasteiger charge is 2.22. The van der Waals surface area contributed by atoms with E-state index in [0.29, 0.717) is 5.82 Å². The molecule has 1 amide bonds. The number of aromatic nitrogens is 3. The van der Waals surface area contributed by atoms with Crippen LogP contribution in [0.2, 0.25) is 0 Å². The molecule has 0 bridgehead atoms. The number of nitrogens with one attached hydrogen (secondary N) is 1. The first-order valence-corrected chi connectivity index (χ1v) is 9.89. The molecule has 0 spiro atoms. The van der Waals surface area contributed by atoms with Crippen LogP contribution in [0, 0.1) is 20.8 Å². The Hall–Kier alpha value is -2.93. The quantitative estimate of drug-likeness (QED) is 0.485. The zero-order valence-corrected chi connectivity index (χ0v) is 17.6. The molecule has 2 heterocycles. The highest BCUT2D eigenvalue weighted by Crippen LogP contribution is 2.27. The van der Waals surface area contributed by atoms with Crippen LogP contribution in [0.1, 0.15) is 40.4 Å². The Morgan fingerprint density at radius 3 is 2.62 bits per heavy atom. The Kier molecular flexibility index (Phi) is 6.17. The summed E-state index contributed by atoms with van der Waals surface area (Å²) in [5.74, 6) is -0.00487. The number of rotatable bonds is 6. The Morgan fingerprint density at radius 2 is 1.93 bits per heavy atom. The fourth-order valence-electron chi connectivity index (χ4n) is 3.22. The number of amides is 1. The monoisotopic (exact) mass is 414 g/mol. The first-order valence-electron chi connectivity index (χ1n) is 9.35. The molecule has 152 valence electrons. The van der Waals surface area contributed by atoms with Gasteiger partial charge in [-0.1, -0.05) is 11.6 Å². The van der Waals surface area contributed by atoms with E-state index in [1.165, 1.54) is 10.9 Å². The van der Waals surface area contributed by atoms with Crippen LogP contribution in [0.4, 0.5) is 5.82 Å². The fraction of sp³-hybridized carbons (Fsp3) is 0.333. The number of carbonyl (C=O) groups is 2. The van der Waals surface area contributed by atoms with E-state index < -0.39 is 5.97 Å². The molecule has 7 nitrogen and oxygen atoms in total. The van der Waals surface area contributed by atoms with Crippen molar-refractivity contribution in [1.29, 1.82) is 0 Å². The van der Waals surface area contributed by atoms with Gasteiger partial charge in [0.25, 0.3) is 0 Å². The number of aryl methyl sites for hydroxylation is 3. The maximum absolute atomic E-state index is 12.3. The summed E-state index contributed by atoms with van der Waals surface area (Å²) in [6, 6.07) is 6.03. The normalized spacial score (nSPS) is 10.9. The van der Waals surface area contributed by atoms with Crippen molar-refractivity contribution < 1.29 is 14.3 Å². The van der Waals surface area contributed by atoms with Gasteiger partial charge in [0.15, 0.2) is 11.6 Å². The molecule has 0 saturated carbocycles. The number of hydrogen-bond acceptors (Lipinski definition) is 5. The van der Waals surface area contributed by atoms with E-state index in [-0.39, 0.29) is 36.2 Å². The summed E-state index contributed by atoms with van der Waals surface area (Å²) >= 11 is 5.67. The lowest BCUT2D eigenvalue weighted by Gasteiger charge is -2.13. The van der Waals surface area contributed by atoms with Crippen LogP contribution in [-0.4, -0.2) is 39.1 Å². The molecular formula is C21H23ClN4O3. The Bertz CT molecular complexity index is 1090. The zero-order valence-electron chi connectivity index (χ0n) is 16.9. The van der Waals surface area contributed by atoms with Crippen LogP contribution in [-0.2, 0) is 9.53 Å². The molecule has 3 rings (SSSR count). The summed E-state index contributed by atoms with van der Waals surface area (Å²) in [7, 11) is 0. The van der Waals surface area contributed by atoms with E-state index in [1.807, 2.05) is 26.8 Å². The number of hydrogen-bond donors (Lipinski definition) is 1. The van der Waals surface area contributed by atoms with Gasteiger partial charge in [0.2, 0.25) is 5.91 Å². The second-order valence-electron chi connectivity index (χ2n) is 6.80. The zero-order chi connectivity index (χ0) is 21.1. The molecular weight excluding hydrogens is 392 g/mol. The maximum atomic E-state index is 12.3. The number of anilines is 1. The average molecular weight is 415 g/mol. The van der Waals surface area contributed by atoms with Crippen LogP contribution in [0.3, 0.4) is 0 Å². The number of esters is 1. The second kappa shape index (κ2) is 8.61. The summed E-state index contributed by atoms with van der Waals surface area (Å²) in [6.45, 7) is 7.97. The van der Waals surface area contributed by atoms with Gasteiger partial charge in [-0.05, 0) is 51.0 Å². The van der Waals surface area contributed by atoms with Crippen molar-refractivity contribution in [1.82, 2.24) is 14.8 Å². The average Bonchev–Trinajstić information content (AvgIpc) is 3.06. The van der Waals surface area contributed by atoms with Crippen molar-refractivity contribution in [3.05, 3.63) is 46.6 Å². The van der Waals surface area contributed by atoms with Crippen molar-refractivity contribution in [3.63, 3.8) is 0 Å². The summed E-state index contributed by atoms with van der Waals surface area (Å²) in [4.78, 5) is 29.3. The van der Waals surface area contributed by atoms with Crippen LogP contribution in [0.5, 0.6) is 0 Å². The van der Waals surface area contributed by atoms with E-state index in [2.05, 4.69) is 22.5 Å². The van der Waals surface area contributed by atoms with E-state index in [9.17, 15) is 9.59 Å². The van der Waals surface area contributed by atoms with Gasteiger partial charge in [0.1, 0.15) is 5.56 Å². The summed E-state index contributed by atoms with van der Waals surface area (Å²) in [6.07, 6.45) is 1.48. The number of halogens is 1. The topological polar surface area (TPSA) is 86.1 Å². The SMILES string of the molecule is CCOC(=O)c1cnn(-c2cc(C)c3cc(C)cc(C)c3n2)c1NC(=O)CCCl. The molecule has 0 unspecified atom stereocenters. The largest absolute Gasteiger partial charge is 0.462 e. The highest BCUT2D eigenvalue weighted by molar-refractivity contribution is 6.19. The van der Waals surface area contributed by atoms with E-state index >= 15 is 0 Å². The van der Waals surface area contributed by atoms with Gasteiger partial charge in [0.05, 0.1) is 18.3 Å². The molecule has 0 fully saturated rings. The van der Waals surface area contributed by atoms with Gasteiger partial charge in [-0.3, -0.25) is 4.79 Å². The van der Waals surface area contributed by atoms with E-state index in [1.54, 1.807) is 6.92 Å². The molecule has 0 aliphatic heterocycles. The first kappa shape index (κ1) is 20.8. The van der Waals surface area contributed by atoms with Gasteiger partial charge in [-0.15, -0.1) is 11.6 Å². The van der Waals surface area contributed by atoms with Crippen molar-refractivity contribution in [2.24, 2.45) is 0 Å². The lowest BCUT2D eigenvalue weighted by atomic mass is 10.0. The predicted octanol–water partition coefficient (Wildman–Crippen LogP) is 4.09. The van der Waals surface area contributed by atoms with Crippen LogP contribution in [0.25, 0.3) is 16.7 Å². The molecule has 0 saturated heterocycles. The Balaban J connectivity index is 2.17. The van der Waals surface area contributed by atoms with Crippen molar-refractivity contribution in [2.75, 3.05) is 17.8 Å². The summed E-state index contributed by atoms with van der Waals surface area (Å²) < 4.78 is 6.54. The molecule has 1 N–H and O–H groups in total. The number of carbonyl (C=O) groups excluding carboxylic acids is 2. The molecule has 0 aliphatic carbocycles. The highest BCUT2D eigenvalue weighted by atomic mass is 35.5. The Labute approximate surface area is 174 Å². The van der Waals surface area contributed by atoms with E-state index in [4.69, 9.17) is 21.3 Å². The molecule has 0 radical (unpaired) electrons. The van der Waals surface area contributed by atoms with Gasteiger partial charge in [0, 0.05) is 17.7 Å². The first-order chi connectivity index (χ1) is 13.8. The molecule has 1 aromatic carbocycles. The minimum atomic E-state index is -0.566. The number of alkyl halides is 1. The molecule has 0 atom stereocenters. The van der Waals surface area contributed by atoms with Gasteiger partial charge >= 0.3 is 5.97 Å². The van der Waals surface area contributed by atoms with Crippen molar-refractivity contribution >= 4 is 40.2 Å². The standard InChI is InChI=1S/C21H23ClN4O3/c1-5-29-21(28)16-11-23-26(20(16)25-18(27)6-7-22)17-10-13(3)15-9-12(2)8-14(4)19(15)24-17/h8-11H,5-7H2,1-4H3,(H,25,27). The molecule has 3 aromatic rings. The summed E-state index contributed by atoms with van der Waals surface area (Å²) in [5.41, 5.74) is 4.22. The third kappa shape index (κ3) is 4.24. The lowest BCUT2D eigenvalue weighted by Crippen LogP contribution is -2.18. The number of ether oxygens (including phenoxy) is 1. The van der Waals surface area contributed by atoms with Crippen molar-refractivity contribution in [3.8, 4) is 5.82 Å². The number of nitrogens with zero attached hydrogens (tertiary/aromatic N) is 3. The van der Waals surface area contributed by atoms with Crippen molar-refractivity contribution in [2.45, 2.75) is 34.1 Å². The number of fused-ring (bicyclic) bond motifs is 1. The molecule has 29 heavy (non-hydrogen) atoms. The molecule has 8 heteroatoms. The predicted molar refractivity (Wildman–Crippen MR) is 113 cm³/mol. The van der Waals surface area contributed by atoms with Crippen LogP contribution < -0.4 is 5.32 Å². The van der Waals surface area contributed by atoms with Gasteiger partial charge in [-0.2, -0.15) is 9.78 Å². The minimum absolute atomic E-state index is 0.109. The van der Waals surface area contributed by atoms with E-state index in [0.717, 1.165) is 27.6 Å². The summed E-state index contributed by atoms with van der Waals surface area (Å²) in [5, 5.41) is 8.08. The molecule has 0 aliphatic rings. The third-order valence-electron chi connectivity index (χ3n) is 4.50. The smallest absolute Gasteiger partial charge is 0.343 e.